The molecule has 108 valence electrons. The van der Waals surface area contributed by atoms with Gasteiger partial charge in [0.2, 0.25) is 0 Å². The second-order valence-electron chi connectivity index (χ2n) is 4.04. The van der Waals surface area contributed by atoms with Crippen LogP contribution in [0.25, 0.3) is 0 Å². The zero-order valence-electron chi connectivity index (χ0n) is 10.8. The molecule has 2 N–H and O–H groups in total. The molecular formula is C15H11BrFNO2S. The lowest BCUT2D eigenvalue weighted by molar-refractivity contribution is 0.0947. The first-order valence-electron chi connectivity index (χ1n) is 6.02. The molecule has 2 rings (SSSR count). The summed E-state index contributed by atoms with van der Waals surface area (Å²) in [6.07, 6.45) is 0. The third-order valence-electron chi connectivity index (χ3n) is 2.57. The molecule has 2 aromatic rings. The maximum absolute atomic E-state index is 13.7. The van der Waals surface area contributed by atoms with Gasteiger partial charge in [-0.2, -0.15) is 0 Å². The van der Waals surface area contributed by atoms with Crippen LogP contribution in [0.4, 0.5) is 4.39 Å². The highest BCUT2D eigenvalue weighted by Gasteiger charge is 2.12. The van der Waals surface area contributed by atoms with E-state index < -0.39 is 11.7 Å². The van der Waals surface area contributed by atoms with Crippen LogP contribution >= 0.6 is 27.3 Å². The standard InChI is InChI=1S/C15H11BrFNO2S/c16-14-6-4-11(21-14)9-18-15(20)12-8-10(2-1-7-19)3-5-13(12)17/h3-6,8,19H,7,9H2,(H,18,20). The number of hydrogen-bond donors (Lipinski definition) is 2. The number of hydrogen-bond acceptors (Lipinski definition) is 3. The smallest absolute Gasteiger partial charge is 0.254 e. The summed E-state index contributed by atoms with van der Waals surface area (Å²) >= 11 is 4.84. The van der Waals surface area contributed by atoms with E-state index in [1.807, 2.05) is 12.1 Å². The van der Waals surface area contributed by atoms with E-state index in [0.29, 0.717) is 12.1 Å². The van der Waals surface area contributed by atoms with E-state index in [-0.39, 0.29) is 12.2 Å². The average Bonchev–Trinajstić information content (AvgIpc) is 2.89. The summed E-state index contributed by atoms with van der Waals surface area (Å²) in [5.74, 6) is 4.00. The molecule has 0 aliphatic carbocycles. The number of carbonyl (C=O) groups excluding carboxylic acids is 1. The first kappa shape index (κ1) is 15.7. The minimum absolute atomic E-state index is 0.0599. The van der Waals surface area contributed by atoms with Crippen molar-refractivity contribution >= 4 is 33.2 Å². The minimum atomic E-state index is -0.602. The van der Waals surface area contributed by atoms with E-state index in [1.165, 1.54) is 29.5 Å². The van der Waals surface area contributed by atoms with Crippen molar-refractivity contribution in [2.24, 2.45) is 0 Å². The molecule has 0 spiro atoms. The molecule has 0 atom stereocenters. The molecule has 0 unspecified atom stereocenters. The van der Waals surface area contributed by atoms with Crippen LogP contribution in [0.1, 0.15) is 20.8 Å². The highest BCUT2D eigenvalue weighted by atomic mass is 79.9. The van der Waals surface area contributed by atoms with E-state index in [0.717, 1.165) is 8.66 Å². The number of amides is 1. The molecule has 21 heavy (non-hydrogen) atoms. The van der Waals surface area contributed by atoms with Gasteiger partial charge < -0.3 is 10.4 Å². The van der Waals surface area contributed by atoms with Crippen molar-refractivity contribution in [3.8, 4) is 11.8 Å². The Kier molecular flexibility index (Phi) is 5.51. The molecule has 0 radical (unpaired) electrons. The summed E-state index contributed by atoms with van der Waals surface area (Å²) < 4.78 is 14.7. The highest BCUT2D eigenvalue weighted by molar-refractivity contribution is 9.11. The molecule has 0 saturated heterocycles. The van der Waals surface area contributed by atoms with E-state index in [4.69, 9.17) is 5.11 Å². The fraction of sp³-hybridized carbons (Fsp3) is 0.133. The maximum atomic E-state index is 13.7. The molecule has 1 aromatic carbocycles. The predicted octanol–water partition coefficient (Wildman–Crippen LogP) is 2.92. The predicted molar refractivity (Wildman–Crippen MR) is 83.6 cm³/mol. The molecule has 0 aliphatic rings. The summed E-state index contributed by atoms with van der Waals surface area (Å²) in [6, 6.07) is 7.80. The molecular weight excluding hydrogens is 357 g/mol. The summed E-state index contributed by atoms with van der Waals surface area (Å²) in [4.78, 5) is 13.0. The van der Waals surface area contributed by atoms with Crippen LogP contribution in [-0.2, 0) is 6.54 Å². The first-order chi connectivity index (χ1) is 10.1. The Morgan fingerprint density at radius 2 is 2.19 bits per heavy atom. The molecule has 1 amide bonds. The number of aliphatic hydroxyl groups excluding tert-OH is 1. The molecule has 0 aliphatic heterocycles. The number of benzene rings is 1. The van der Waals surface area contributed by atoms with Gasteiger partial charge in [-0.15, -0.1) is 11.3 Å². The van der Waals surface area contributed by atoms with Gasteiger partial charge in [-0.1, -0.05) is 11.8 Å². The van der Waals surface area contributed by atoms with Gasteiger partial charge in [0.05, 0.1) is 15.9 Å². The summed E-state index contributed by atoms with van der Waals surface area (Å²) in [7, 11) is 0. The molecule has 0 bridgehead atoms. The van der Waals surface area contributed by atoms with Gasteiger partial charge in [-0.25, -0.2) is 4.39 Å². The van der Waals surface area contributed by atoms with Crippen molar-refractivity contribution in [2.45, 2.75) is 6.54 Å². The van der Waals surface area contributed by atoms with Crippen molar-refractivity contribution in [2.75, 3.05) is 6.61 Å². The van der Waals surface area contributed by atoms with Crippen molar-refractivity contribution in [3.05, 3.63) is 55.9 Å². The summed E-state index contributed by atoms with van der Waals surface area (Å²) in [5, 5.41) is 11.3. The number of thiophene rings is 1. The zero-order chi connectivity index (χ0) is 15.2. The largest absolute Gasteiger partial charge is 0.384 e. The molecule has 1 aromatic heterocycles. The third-order valence-corrected chi connectivity index (χ3v) is 4.20. The van der Waals surface area contributed by atoms with Gasteiger partial charge in [0, 0.05) is 10.4 Å². The van der Waals surface area contributed by atoms with Crippen LogP contribution in [0.3, 0.4) is 0 Å². The van der Waals surface area contributed by atoms with E-state index in [2.05, 4.69) is 33.1 Å². The second-order valence-corrected chi connectivity index (χ2v) is 6.59. The van der Waals surface area contributed by atoms with Crippen molar-refractivity contribution < 1.29 is 14.3 Å². The Morgan fingerprint density at radius 3 is 2.86 bits per heavy atom. The number of aliphatic hydroxyl groups is 1. The Labute approximate surface area is 133 Å². The van der Waals surface area contributed by atoms with Crippen LogP contribution in [-0.4, -0.2) is 17.6 Å². The first-order valence-corrected chi connectivity index (χ1v) is 7.63. The number of carbonyl (C=O) groups is 1. The van der Waals surface area contributed by atoms with Crippen molar-refractivity contribution in [3.63, 3.8) is 0 Å². The van der Waals surface area contributed by atoms with E-state index in [1.54, 1.807) is 0 Å². The van der Waals surface area contributed by atoms with Crippen molar-refractivity contribution in [1.82, 2.24) is 5.32 Å². The van der Waals surface area contributed by atoms with E-state index in [9.17, 15) is 9.18 Å². The minimum Gasteiger partial charge on any atom is -0.384 e. The van der Waals surface area contributed by atoms with Crippen LogP contribution in [0.2, 0.25) is 0 Å². The van der Waals surface area contributed by atoms with Crippen LogP contribution < -0.4 is 5.32 Å². The fourth-order valence-electron chi connectivity index (χ4n) is 1.63. The zero-order valence-corrected chi connectivity index (χ0v) is 13.2. The molecule has 6 heteroatoms. The van der Waals surface area contributed by atoms with Gasteiger partial charge in [0.15, 0.2) is 0 Å². The quantitative estimate of drug-likeness (QED) is 0.819. The second kappa shape index (κ2) is 7.36. The summed E-state index contributed by atoms with van der Waals surface area (Å²) in [6.45, 7) is 0.0489. The van der Waals surface area contributed by atoms with Gasteiger partial charge in [0.1, 0.15) is 12.4 Å². The third kappa shape index (κ3) is 4.39. The SMILES string of the molecule is O=C(NCc1ccc(Br)s1)c1cc(C#CCO)ccc1F. The fourth-order valence-corrected chi connectivity index (χ4v) is 3.05. The lowest BCUT2D eigenvalue weighted by Gasteiger charge is -2.05. The maximum Gasteiger partial charge on any atom is 0.254 e. The molecule has 1 heterocycles. The number of nitrogens with one attached hydrogen (secondary N) is 1. The molecule has 0 fully saturated rings. The Bertz CT molecular complexity index is 718. The van der Waals surface area contributed by atoms with Crippen LogP contribution in [0.15, 0.2) is 34.1 Å². The van der Waals surface area contributed by atoms with Gasteiger partial charge in [0.25, 0.3) is 5.91 Å². The molecule has 3 nitrogen and oxygen atoms in total. The normalized spacial score (nSPS) is 9.86. The van der Waals surface area contributed by atoms with Gasteiger partial charge in [-0.3, -0.25) is 4.79 Å². The number of rotatable bonds is 3. The average molecular weight is 368 g/mol. The lowest BCUT2D eigenvalue weighted by Crippen LogP contribution is -2.23. The Hall–Kier alpha value is -1.68. The van der Waals surface area contributed by atoms with Gasteiger partial charge in [-0.05, 0) is 46.3 Å². The van der Waals surface area contributed by atoms with Crippen LogP contribution in [0, 0.1) is 17.7 Å². The summed E-state index contributed by atoms with van der Waals surface area (Å²) in [5.41, 5.74) is 0.421. The van der Waals surface area contributed by atoms with E-state index >= 15 is 0 Å². The highest BCUT2D eigenvalue weighted by Crippen LogP contribution is 2.22. The van der Waals surface area contributed by atoms with Gasteiger partial charge >= 0.3 is 0 Å². The Morgan fingerprint density at radius 1 is 1.38 bits per heavy atom. The topological polar surface area (TPSA) is 49.3 Å². The Balaban J connectivity index is 2.10. The van der Waals surface area contributed by atoms with Crippen LogP contribution in [0.5, 0.6) is 0 Å². The number of halogens is 2. The van der Waals surface area contributed by atoms with Crippen molar-refractivity contribution in [1.29, 1.82) is 0 Å². The lowest BCUT2D eigenvalue weighted by atomic mass is 10.1. The molecule has 0 saturated carbocycles. The monoisotopic (exact) mass is 367 g/mol.